The molecule has 2 aromatic carbocycles. The van der Waals surface area contributed by atoms with Crippen molar-refractivity contribution in [3.8, 4) is 5.69 Å². The lowest BCUT2D eigenvalue weighted by atomic mass is 10.1. The number of tetrazole rings is 1. The summed E-state index contributed by atoms with van der Waals surface area (Å²) in [4.78, 5) is 10.6. The quantitative estimate of drug-likeness (QED) is 0.571. The summed E-state index contributed by atoms with van der Waals surface area (Å²) in [7, 11) is 0. The van der Waals surface area contributed by atoms with Crippen LogP contribution >= 0.6 is 0 Å². The summed E-state index contributed by atoms with van der Waals surface area (Å²) in [6.45, 7) is 1.89. The van der Waals surface area contributed by atoms with Crippen molar-refractivity contribution in [3.63, 3.8) is 0 Å². The number of nitrogens with one attached hydrogen (secondary N) is 1. The number of nitrogens with zero attached hydrogens (tertiary/aromatic N) is 5. The fourth-order valence-electron chi connectivity index (χ4n) is 2.27. The second-order valence-corrected chi connectivity index (χ2v) is 5.04. The van der Waals surface area contributed by atoms with Gasteiger partial charge in [-0.1, -0.05) is 18.2 Å². The topological polar surface area (TPSA) is 98.8 Å². The molecule has 0 aliphatic carbocycles. The third-order valence-electron chi connectivity index (χ3n) is 3.47. The molecular weight excluding hydrogens is 315 g/mol. The van der Waals surface area contributed by atoms with E-state index in [1.165, 1.54) is 16.8 Å². The first-order valence-electron chi connectivity index (χ1n) is 7.07. The molecule has 3 aromatic rings. The Morgan fingerprint density at radius 3 is 2.79 bits per heavy atom. The lowest BCUT2D eigenvalue weighted by Crippen LogP contribution is -2.06. The van der Waals surface area contributed by atoms with E-state index in [0.717, 1.165) is 0 Å². The molecule has 1 aromatic heterocycles. The number of hydrogen-bond donors (Lipinski definition) is 1. The molecule has 122 valence electrons. The van der Waals surface area contributed by atoms with Crippen molar-refractivity contribution >= 4 is 11.4 Å². The van der Waals surface area contributed by atoms with Crippen LogP contribution in [0, 0.1) is 22.9 Å². The van der Waals surface area contributed by atoms with Gasteiger partial charge in [0.05, 0.1) is 4.92 Å². The summed E-state index contributed by atoms with van der Waals surface area (Å²) < 4.78 is 15.3. The highest BCUT2D eigenvalue weighted by Gasteiger charge is 2.13. The number of hydrogen-bond acceptors (Lipinski definition) is 6. The van der Waals surface area contributed by atoms with Crippen LogP contribution in [-0.2, 0) is 6.54 Å². The molecule has 0 atom stereocenters. The molecule has 0 spiro atoms. The van der Waals surface area contributed by atoms with Crippen LogP contribution in [0.4, 0.5) is 15.8 Å². The molecule has 0 aliphatic heterocycles. The van der Waals surface area contributed by atoms with Gasteiger partial charge in [-0.3, -0.25) is 10.1 Å². The number of aromatic nitrogens is 4. The SMILES string of the molecule is Cc1nnnn1-c1cc(NCc2ccccc2[N+](=O)[O-])ccc1F. The van der Waals surface area contributed by atoms with Crippen molar-refractivity contribution in [2.24, 2.45) is 0 Å². The summed E-state index contributed by atoms with van der Waals surface area (Å²) in [5.74, 6) is -0.0219. The molecular formula is C15H13FN6O2. The van der Waals surface area contributed by atoms with E-state index >= 15 is 0 Å². The molecule has 0 aliphatic rings. The minimum atomic E-state index is -0.471. The fraction of sp³-hybridized carbons (Fsp3) is 0.133. The number of halogens is 1. The largest absolute Gasteiger partial charge is 0.381 e. The van der Waals surface area contributed by atoms with E-state index in [1.54, 1.807) is 37.3 Å². The minimum Gasteiger partial charge on any atom is -0.381 e. The zero-order chi connectivity index (χ0) is 17.1. The average molecular weight is 328 g/mol. The zero-order valence-electron chi connectivity index (χ0n) is 12.7. The number of para-hydroxylation sites is 1. The summed E-state index contributed by atoms with van der Waals surface area (Å²) in [5.41, 5.74) is 1.36. The molecule has 1 heterocycles. The van der Waals surface area contributed by atoms with Gasteiger partial charge in [-0.05, 0) is 35.5 Å². The molecule has 0 amide bonds. The highest BCUT2D eigenvalue weighted by Crippen LogP contribution is 2.22. The van der Waals surface area contributed by atoms with E-state index in [-0.39, 0.29) is 17.9 Å². The van der Waals surface area contributed by atoms with Crippen molar-refractivity contribution in [1.29, 1.82) is 0 Å². The molecule has 0 radical (unpaired) electrons. The number of rotatable bonds is 5. The van der Waals surface area contributed by atoms with Gasteiger partial charge in [0.1, 0.15) is 11.5 Å². The van der Waals surface area contributed by atoms with Crippen molar-refractivity contribution < 1.29 is 9.31 Å². The van der Waals surface area contributed by atoms with Gasteiger partial charge in [0.15, 0.2) is 5.82 Å². The molecule has 0 saturated carbocycles. The van der Waals surface area contributed by atoms with Crippen LogP contribution in [0.15, 0.2) is 42.5 Å². The minimum absolute atomic E-state index is 0.0312. The van der Waals surface area contributed by atoms with E-state index in [4.69, 9.17) is 0 Å². The van der Waals surface area contributed by atoms with Crippen LogP contribution in [-0.4, -0.2) is 25.1 Å². The fourth-order valence-corrected chi connectivity index (χ4v) is 2.27. The van der Waals surface area contributed by atoms with Crippen LogP contribution in [0.2, 0.25) is 0 Å². The highest BCUT2D eigenvalue weighted by atomic mass is 19.1. The van der Waals surface area contributed by atoms with E-state index in [2.05, 4.69) is 20.8 Å². The van der Waals surface area contributed by atoms with Crippen LogP contribution in [0.25, 0.3) is 5.69 Å². The van der Waals surface area contributed by atoms with Gasteiger partial charge in [0.2, 0.25) is 0 Å². The maximum Gasteiger partial charge on any atom is 0.274 e. The summed E-state index contributed by atoms with van der Waals surface area (Å²) >= 11 is 0. The Morgan fingerprint density at radius 2 is 2.08 bits per heavy atom. The molecule has 0 fully saturated rings. The van der Waals surface area contributed by atoms with E-state index in [9.17, 15) is 14.5 Å². The predicted octanol–water partition coefficient (Wildman–Crippen LogP) is 2.63. The first kappa shape index (κ1) is 15.5. The number of benzene rings is 2. The molecule has 1 N–H and O–H groups in total. The molecule has 0 unspecified atom stereocenters. The Morgan fingerprint density at radius 1 is 1.29 bits per heavy atom. The van der Waals surface area contributed by atoms with Gasteiger partial charge >= 0.3 is 0 Å². The maximum atomic E-state index is 14.0. The van der Waals surface area contributed by atoms with Gasteiger partial charge in [0, 0.05) is 23.9 Å². The van der Waals surface area contributed by atoms with E-state index in [0.29, 0.717) is 17.1 Å². The molecule has 9 heteroatoms. The molecule has 24 heavy (non-hydrogen) atoms. The standard InChI is InChI=1S/C15H13FN6O2/c1-10-18-19-20-21(10)15-8-12(6-7-13(15)16)17-9-11-4-2-3-5-14(11)22(23)24/h2-8,17H,9H2,1H3. The van der Waals surface area contributed by atoms with Crippen LogP contribution < -0.4 is 5.32 Å². The summed E-state index contributed by atoms with van der Waals surface area (Å²) in [6, 6.07) is 10.8. The van der Waals surface area contributed by atoms with Gasteiger partial charge in [-0.25, -0.2) is 4.39 Å². The predicted molar refractivity (Wildman–Crippen MR) is 84.3 cm³/mol. The van der Waals surface area contributed by atoms with Gasteiger partial charge < -0.3 is 5.32 Å². The monoisotopic (exact) mass is 328 g/mol. The van der Waals surface area contributed by atoms with Gasteiger partial charge in [0.25, 0.3) is 5.69 Å². The lowest BCUT2D eigenvalue weighted by Gasteiger charge is -2.10. The van der Waals surface area contributed by atoms with E-state index < -0.39 is 10.7 Å². The number of nitro benzene ring substituents is 1. The van der Waals surface area contributed by atoms with Crippen LogP contribution in [0.5, 0.6) is 0 Å². The molecule has 0 bridgehead atoms. The van der Waals surface area contributed by atoms with Crippen molar-refractivity contribution in [2.75, 3.05) is 5.32 Å². The third-order valence-corrected chi connectivity index (χ3v) is 3.47. The van der Waals surface area contributed by atoms with Crippen molar-refractivity contribution in [3.05, 3.63) is 69.8 Å². The van der Waals surface area contributed by atoms with E-state index in [1.807, 2.05) is 0 Å². The summed E-state index contributed by atoms with van der Waals surface area (Å²) in [5, 5.41) is 25.0. The molecule has 3 rings (SSSR count). The van der Waals surface area contributed by atoms with Crippen molar-refractivity contribution in [2.45, 2.75) is 13.5 Å². The second kappa shape index (κ2) is 6.41. The number of aryl methyl sites for hydroxylation is 1. The van der Waals surface area contributed by atoms with Gasteiger partial charge in [-0.15, -0.1) is 5.10 Å². The Balaban J connectivity index is 1.85. The number of anilines is 1. The highest BCUT2D eigenvalue weighted by molar-refractivity contribution is 5.53. The van der Waals surface area contributed by atoms with Crippen LogP contribution in [0.1, 0.15) is 11.4 Å². The average Bonchev–Trinajstić information content (AvgIpc) is 3.00. The first-order valence-corrected chi connectivity index (χ1v) is 7.07. The number of nitro groups is 1. The Labute approximate surface area is 136 Å². The Hall–Kier alpha value is -3.36. The Bertz CT molecular complexity index is 895. The first-order chi connectivity index (χ1) is 11.6. The van der Waals surface area contributed by atoms with Gasteiger partial charge in [-0.2, -0.15) is 4.68 Å². The summed E-state index contributed by atoms with van der Waals surface area (Å²) in [6.07, 6.45) is 0. The van der Waals surface area contributed by atoms with Crippen LogP contribution in [0.3, 0.4) is 0 Å². The zero-order valence-corrected chi connectivity index (χ0v) is 12.7. The molecule has 8 nitrogen and oxygen atoms in total. The molecule has 0 saturated heterocycles. The lowest BCUT2D eigenvalue weighted by molar-refractivity contribution is -0.385. The normalized spacial score (nSPS) is 10.6. The second-order valence-electron chi connectivity index (χ2n) is 5.04. The maximum absolute atomic E-state index is 14.0. The van der Waals surface area contributed by atoms with Crippen molar-refractivity contribution in [1.82, 2.24) is 20.2 Å². The smallest absolute Gasteiger partial charge is 0.274 e. The third kappa shape index (κ3) is 3.05. The Kier molecular flexibility index (Phi) is 4.15.